The summed E-state index contributed by atoms with van der Waals surface area (Å²) < 4.78 is 5.51. The van der Waals surface area contributed by atoms with Gasteiger partial charge in [-0.05, 0) is 29.9 Å². The number of aryl methyl sites for hydroxylation is 1. The highest BCUT2D eigenvalue weighted by atomic mass is 32.1. The van der Waals surface area contributed by atoms with Crippen LogP contribution in [0.15, 0.2) is 11.4 Å². The van der Waals surface area contributed by atoms with Gasteiger partial charge in [0.2, 0.25) is 0 Å². The number of hydrogen-bond acceptors (Lipinski definition) is 2. The lowest BCUT2D eigenvalue weighted by molar-refractivity contribution is 0.278. The molecule has 2 heteroatoms. The van der Waals surface area contributed by atoms with Crippen LogP contribution in [-0.4, -0.2) is 6.61 Å². The van der Waals surface area contributed by atoms with Gasteiger partial charge < -0.3 is 4.74 Å². The van der Waals surface area contributed by atoms with Crippen molar-refractivity contribution in [1.29, 1.82) is 0 Å². The standard InChI is InChI=1S/C9H14OS/c1-7(2)5-10-9-4-8(3)6-11-9/h4,6-7H,5H2,1-3H3. The van der Waals surface area contributed by atoms with Gasteiger partial charge in [0.25, 0.3) is 0 Å². The third-order valence-corrected chi connectivity index (χ3v) is 2.22. The number of thiophene rings is 1. The third-order valence-electron chi connectivity index (χ3n) is 1.27. The zero-order valence-corrected chi connectivity index (χ0v) is 8.07. The van der Waals surface area contributed by atoms with E-state index < -0.39 is 0 Å². The molecule has 0 N–H and O–H groups in total. The van der Waals surface area contributed by atoms with E-state index >= 15 is 0 Å². The minimum atomic E-state index is 0.609. The molecule has 0 saturated heterocycles. The van der Waals surface area contributed by atoms with Crippen molar-refractivity contribution < 1.29 is 4.74 Å². The van der Waals surface area contributed by atoms with Crippen LogP contribution in [0.1, 0.15) is 19.4 Å². The molecule has 0 fully saturated rings. The Kier molecular flexibility index (Phi) is 2.94. The topological polar surface area (TPSA) is 9.23 Å². The zero-order chi connectivity index (χ0) is 8.27. The second kappa shape index (κ2) is 3.77. The molecule has 0 aliphatic rings. The Morgan fingerprint density at radius 1 is 1.55 bits per heavy atom. The molecule has 0 aliphatic heterocycles. The molecule has 1 aromatic heterocycles. The van der Waals surface area contributed by atoms with Crippen molar-refractivity contribution in [2.24, 2.45) is 5.92 Å². The zero-order valence-electron chi connectivity index (χ0n) is 7.26. The predicted octanol–water partition coefficient (Wildman–Crippen LogP) is 3.09. The molecular weight excluding hydrogens is 156 g/mol. The first-order valence-corrected chi connectivity index (χ1v) is 4.74. The smallest absolute Gasteiger partial charge is 0.173 e. The maximum atomic E-state index is 5.51. The second-order valence-corrected chi connectivity index (χ2v) is 4.02. The average Bonchev–Trinajstić information content (AvgIpc) is 2.31. The van der Waals surface area contributed by atoms with E-state index in [4.69, 9.17) is 4.74 Å². The van der Waals surface area contributed by atoms with Crippen LogP contribution in [0.3, 0.4) is 0 Å². The molecule has 0 amide bonds. The molecule has 0 aliphatic carbocycles. The van der Waals surface area contributed by atoms with Crippen LogP contribution in [-0.2, 0) is 0 Å². The Bertz CT molecular complexity index is 215. The summed E-state index contributed by atoms with van der Waals surface area (Å²) in [5.41, 5.74) is 1.29. The summed E-state index contributed by atoms with van der Waals surface area (Å²) >= 11 is 1.67. The molecule has 11 heavy (non-hydrogen) atoms. The Morgan fingerprint density at radius 3 is 2.73 bits per heavy atom. The average molecular weight is 170 g/mol. The van der Waals surface area contributed by atoms with E-state index in [-0.39, 0.29) is 0 Å². The highest BCUT2D eigenvalue weighted by Gasteiger charge is 1.98. The van der Waals surface area contributed by atoms with E-state index in [1.807, 2.05) is 0 Å². The molecule has 0 saturated carbocycles. The lowest BCUT2D eigenvalue weighted by Gasteiger charge is -2.04. The highest BCUT2D eigenvalue weighted by molar-refractivity contribution is 7.11. The van der Waals surface area contributed by atoms with E-state index in [2.05, 4.69) is 32.2 Å². The minimum Gasteiger partial charge on any atom is -0.484 e. The van der Waals surface area contributed by atoms with Gasteiger partial charge in [0, 0.05) is 0 Å². The van der Waals surface area contributed by atoms with Crippen LogP contribution in [0.25, 0.3) is 0 Å². The molecule has 1 aromatic rings. The summed E-state index contributed by atoms with van der Waals surface area (Å²) in [7, 11) is 0. The van der Waals surface area contributed by atoms with Crippen LogP contribution in [0.4, 0.5) is 0 Å². The van der Waals surface area contributed by atoms with Crippen LogP contribution in [0.5, 0.6) is 5.06 Å². The Hall–Kier alpha value is -0.500. The Labute approximate surface area is 72.0 Å². The molecule has 0 aromatic carbocycles. The van der Waals surface area contributed by atoms with E-state index in [0.29, 0.717) is 5.92 Å². The summed E-state index contributed by atoms with van der Waals surface area (Å²) in [6.45, 7) is 7.21. The highest BCUT2D eigenvalue weighted by Crippen LogP contribution is 2.22. The molecule has 0 spiro atoms. The molecule has 62 valence electrons. The third kappa shape index (κ3) is 2.93. The number of hydrogen-bond donors (Lipinski definition) is 0. The fraction of sp³-hybridized carbons (Fsp3) is 0.556. The van der Waals surface area contributed by atoms with Crippen LogP contribution < -0.4 is 4.74 Å². The normalized spacial score (nSPS) is 10.5. The van der Waals surface area contributed by atoms with Gasteiger partial charge in [-0.3, -0.25) is 0 Å². The van der Waals surface area contributed by atoms with E-state index in [9.17, 15) is 0 Å². The summed E-state index contributed by atoms with van der Waals surface area (Å²) in [6.07, 6.45) is 0. The van der Waals surface area contributed by atoms with Crippen molar-refractivity contribution in [2.75, 3.05) is 6.61 Å². The van der Waals surface area contributed by atoms with Crippen molar-refractivity contribution in [3.8, 4) is 5.06 Å². The Morgan fingerprint density at radius 2 is 2.27 bits per heavy atom. The van der Waals surface area contributed by atoms with E-state index in [1.54, 1.807) is 11.3 Å². The van der Waals surface area contributed by atoms with Crippen LogP contribution >= 0.6 is 11.3 Å². The number of rotatable bonds is 3. The molecule has 1 nitrogen and oxygen atoms in total. The SMILES string of the molecule is Cc1csc(OCC(C)C)c1. The van der Waals surface area contributed by atoms with Crippen molar-refractivity contribution in [3.63, 3.8) is 0 Å². The molecular formula is C9H14OS. The summed E-state index contributed by atoms with van der Waals surface area (Å²) in [6, 6.07) is 2.08. The molecule has 1 heterocycles. The summed E-state index contributed by atoms with van der Waals surface area (Å²) in [4.78, 5) is 0. The Balaban J connectivity index is 2.39. The van der Waals surface area contributed by atoms with Gasteiger partial charge >= 0.3 is 0 Å². The largest absolute Gasteiger partial charge is 0.484 e. The summed E-state index contributed by atoms with van der Waals surface area (Å²) in [5.74, 6) is 0.609. The first-order valence-electron chi connectivity index (χ1n) is 3.86. The monoisotopic (exact) mass is 170 g/mol. The fourth-order valence-electron chi connectivity index (χ4n) is 0.729. The predicted molar refractivity (Wildman–Crippen MR) is 49.4 cm³/mol. The van der Waals surface area contributed by atoms with Crippen molar-refractivity contribution in [2.45, 2.75) is 20.8 Å². The van der Waals surface area contributed by atoms with Crippen molar-refractivity contribution >= 4 is 11.3 Å². The molecule has 0 atom stereocenters. The van der Waals surface area contributed by atoms with Gasteiger partial charge in [-0.25, -0.2) is 0 Å². The first kappa shape index (κ1) is 8.60. The van der Waals surface area contributed by atoms with Crippen LogP contribution in [0, 0.1) is 12.8 Å². The van der Waals surface area contributed by atoms with Crippen LogP contribution in [0.2, 0.25) is 0 Å². The van der Waals surface area contributed by atoms with Gasteiger partial charge in [0.1, 0.15) is 0 Å². The molecule has 0 unspecified atom stereocenters. The van der Waals surface area contributed by atoms with E-state index in [1.165, 1.54) is 5.56 Å². The lowest BCUT2D eigenvalue weighted by Crippen LogP contribution is -2.02. The minimum absolute atomic E-state index is 0.609. The maximum Gasteiger partial charge on any atom is 0.173 e. The quantitative estimate of drug-likeness (QED) is 0.677. The first-order chi connectivity index (χ1) is 5.18. The fourth-order valence-corrected chi connectivity index (χ4v) is 1.49. The van der Waals surface area contributed by atoms with Gasteiger partial charge in [0.15, 0.2) is 5.06 Å². The molecule has 0 radical (unpaired) electrons. The van der Waals surface area contributed by atoms with Gasteiger partial charge in [-0.15, -0.1) is 11.3 Å². The second-order valence-electron chi connectivity index (χ2n) is 3.15. The van der Waals surface area contributed by atoms with E-state index in [0.717, 1.165) is 11.7 Å². The lowest BCUT2D eigenvalue weighted by atomic mass is 10.2. The van der Waals surface area contributed by atoms with Crippen molar-refractivity contribution in [1.82, 2.24) is 0 Å². The van der Waals surface area contributed by atoms with Gasteiger partial charge in [-0.2, -0.15) is 0 Å². The maximum absolute atomic E-state index is 5.51. The molecule has 0 bridgehead atoms. The number of ether oxygens (including phenoxy) is 1. The molecule has 1 rings (SSSR count). The summed E-state index contributed by atoms with van der Waals surface area (Å²) in [5, 5.41) is 3.14. The van der Waals surface area contributed by atoms with Crippen molar-refractivity contribution in [3.05, 3.63) is 17.0 Å². The van der Waals surface area contributed by atoms with Gasteiger partial charge in [-0.1, -0.05) is 13.8 Å². The van der Waals surface area contributed by atoms with Gasteiger partial charge in [0.05, 0.1) is 6.61 Å².